The number of aromatic nitrogens is 1. The SMILES string of the molecule is O=C1CCCCCCN1Cc1cncc(Br)c1. The van der Waals surface area contributed by atoms with Crippen LogP contribution in [0.4, 0.5) is 0 Å². The summed E-state index contributed by atoms with van der Waals surface area (Å²) in [6.45, 7) is 1.57. The molecule has 0 atom stereocenters. The van der Waals surface area contributed by atoms with Gasteiger partial charge in [0, 0.05) is 36.4 Å². The zero-order valence-electron chi connectivity index (χ0n) is 9.86. The van der Waals surface area contributed by atoms with Crippen molar-refractivity contribution < 1.29 is 4.79 Å². The van der Waals surface area contributed by atoms with Crippen LogP contribution in [0.3, 0.4) is 0 Å². The van der Waals surface area contributed by atoms with Gasteiger partial charge in [-0.25, -0.2) is 0 Å². The van der Waals surface area contributed by atoms with E-state index in [1.807, 2.05) is 17.2 Å². The summed E-state index contributed by atoms with van der Waals surface area (Å²) in [6, 6.07) is 2.03. The Bertz CT molecular complexity index is 395. The molecule has 0 N–H and O–H groups in total. The van der Waals surface area contributed by atoms with E-state index in [2.05, 4.69) is 20.9 Å². The normalized spacial score (nSPS) is 17.7. The molecule has 1 aromatic rings. The number of pyridine rings is 1. The highest BCUT2D eigenvalue weighted by Gasteiger charge is 2.15. The predicted octanol–water partition coefficient (Wildman–Crippen LogP) is 3.14. The summed E-state index contributed by atoms with van der Waals surface area (Å²) in [4.78, 5) is 18.0. The predicted molar refractivity (Wildman–Crippen MR) is 70.4 cm³/mol. The van der Waals surface area contributed by atoms with Gasteiger partial charge in [0.1, 0.15) is 0 Å². The molecule has 1 amide bonds. The van der Waals surface area contributed by atoms with Crippen LogP contribution in [0.2, 0.25) is 0 Å². The van der Waals surface area contributed by atoms with Gasteiger partial charge in [-0.05, 0) is 40.4 Å². The highest BCUT2D eigenvalue weighted by molar-refractivity contribution is 9.10. The van der Waals surface area contributed by atoms with Crippen molar-refractivity contribution in [2.24, 2.45) is 0 Å². The summed E-state index contributed by atoms with van der Waals surface area (Å²) >= 11 is 3.40. The Morgan fingerprint density at radius 2 is 2.06 bits per heavy atom. The molecule has 0 unspecified atom stereocenters. The van der Waals surface area contributed by atoms with E-state index in [1.54, 1.807) is 6.20 Å². The molecule has 1 saturated heterocycles. The quantitative estimate of drug-likeness (QED) is 0.840. The van der Waals surface area contributed by atoms with Crippen LogP contribution in [0.15, 0.2) is 22.9 Å². The molecule has 3 nitrogen and oxygen atoms in total. The third-order valence-electron chi connectivity index (χ3n) is 3.06. The largest absolute Gasteiger partial charge is 0.338 e. The molecular weight excluding hydrogens is 280 g/mol. The number of carbonyl (C=O) groups excluding carboxylic acids is 1. The van der Waals surface area contributed by atoms with Gasteiger partial charge < -0.3 is 4.90 Å². The molecule has 0 bridgehead atoms. The lowest BCUT2D eigenvalue weighted by molar-refractivity contribution is -0.132. The lowest BCUT2D eigenvalue weighted by Gasteiger charge is -2.24. The fraction of sp³-hybridized carbons (Fsp3) is 0.538. The second-order valence-electron chi connectivity index (χ2n) is 4.49. The van der Waals surface area contributed by atoms with Crippen molar-refractivity contribution in [2.75, 3.05) is 6.54 Å². The fourth-order valence-corrected chi connectivity index (χ4v) is 2.56. The van der Waals surface area contributed by atoms with Crippen LogP contribution in [0.1, 0.15) is 37.7 Å². The molecule has 1 aliphatic rings. The lowest BCUT2D eigenvalue weighted by atomic mass is 10.1. The van der Waals surface area contributed by atoms with E-state index in [9.17, 15) is 4.79 Å². The molecule has 2 rings (SSSR count). The van der Waals surface area contributed by atoms with Crippen molar-refractivity contribution in [3.8, 4) is 0 Å². The van der Waals surface area contributed by atoms with Crippen LogP contribution >= 0.6 is 15.9 Å². The van der Waals surface area contributed by atoms with Crippen molar-refractivity contribution in [1.82, 2.24) is 9.88 Å². The Morgan fingerprint density at radius 1 is 1.24 bits per heavy atom. The number of nitrogens with zero attached hydrogens (tertiary/aromatic N) is 2. The van der Waals surface area contributed by atoms with Gasteiger partial charge in [0.2, 0.25) is 5.91 Å². The van der Waals surface area contributed by atoms with E-state index in [0.29, 0.717) is 13.0 Å². The summed E-state index contributed by atoms with van der Waals surface area (Å²) in [5, 5.41) is 0. The van der Waals surface area contributed by atoms with Gasteiger partial charge in [0.05, 0.1) is 0 Å². The standard InChI is InChI=1S/C13H17BrN2O/c14-12-7-11(8-15-9-12)10-16-6-4-2-1-3-5-13(16)17/h7-9H,1-6,10H2. The Morgan fingerprint density at radius 3 is 2.88 bits per heavy atom. The highest BCUT2D eigenvalue weighted by Crippen LogP contribution is 2.16. The molecule has 92 valence electrons. The van der Waals surface area contributed by atoms with Gasteiger partial charge in [-0.3, -0.25) is 9.78 Å². The molecule has 0 aromatic carbocycles. The number of hydrogen-bond donors (Lipinski definition) is 0. The average molecular weight is 297 g/mol. The molecule has 17 heavy (non-hydrogen) atoms. The summed E-state index contributed by atoms with van der Waals surface area (Å²) in [5.74, 6) is 0.282. The van der Waals surface area contributed by atoms with Crippen LogP contribution in [0.5, 0.6) is 0 Å². The molecule has 1 aliphatic heterocycles. The van der Waals surface area contributed by atoms with Gasteiger partial charge >= 0.3 is 0 Å². The van der Waals surface area contributed by atoms with Crippen molar-refractivity contribution in [3.63, 3.8) is 0 Å². The number of amides is 1. The summed E-state index contributed by atoms with van der Waals surface area (Å²) in [7, 11) is 0. The lowest BCUT2D eigenvalue weighted by Crippen LogP contribution is -2.32. The molecular formula is C13H17BrN2O. The minimum Gasteiger partial charge on any atom is -0.338 e. The molecule has 2 heterocycles. The average Bonchev–Trinajstić information content (AvgIpc) is 2.29. The third-order valence-corrected chi connectivity index (χ3v) is 3.49. The second kappa shape index (κ2) is 6.15. The maximum Gasteiger partial charge on any atom is 0.222 e. The van der Waals surface area contributed by atoms with Crippen LogP contribution < -0.4 is 0 Å². The molecule has 1 fully saturated rings. The van der Waals surface area contributed by atoms with Crippen molar-refractivity contribution in [1.29, 1.82) is 0 Å². The minimum atomic E-state index is 0.282. The maximum absolute atomic E-state index is 12.0. The van der Waals surface area contributed by atoms with Crippen LogP contribution in [0, 0.1) is 0 Å². The zero-order valence-corrected chi connectivity index (χ0v) is 11.4. The number of halogens is 1. The number of likely N-dealkylation sites (tertiary alicyclic amines) is 1. The van der Waals surface area contributed by atoms with E-state index in [0.717, 1.165) is 29.4 Å². The summed E-state index contributed by atoms with van der Waals surface area (Å²) < 4.78 is 0.967. The van der Waals surface area contributed by atoms with E-state index in [-0.39, 0.29) is 5.91 Å². The summed E-state index contributed by atoms with van der Waals surface area (Å²) in [5.41, 5.74) is 1.09. The van der Waals surface area contributed by atoms with Crippen molar-refractivity contribution in [2.45, 2.75) is 38.6 Å². The first-order valence-electron chi connectivity index (χ1n) is 6.13. The first-order valence-corrected chi connectivity index (χ1v) is 6.92. The number of hydrogen-bond acceptors (Lipinski definition) is 2. The maximum atomic E-state index is 12.0. The highest BCUT2D eigenvalue weighted by atomic mass is 79.9. The Hall–Kier alpha value is -0.900. The van der Waals surface area contributed by atoms with Gasteiger partial charge in [-0.1, -0.05) is 12.8 Å². The molecule has 0 spiro atoms. The van der Waals surface area contributed by atoms with Gasteiger partial charge in [0.25, 0.3) is 0 Å². The monoisotopic (exact) mass is 296 g/mol. The Kier molecular flexibility index (Phi) is 4.54. The second-order valence-corrected chi connectivity index (χ2v) is 5.41. The number of carbonyl (C=O) groups is 1. The summed E-state index contributed by atoms with van der Waals surface area (Å²) in [6.07, 6.45) is 8.87. The molecule has 0 saturated carbocycles. The smallest absolute Gasteiger partial charge is 0.222 e. The Balaban J connectivity index is 2.02. The zero-order chi connectivity index (χ0) is 12.1. The molecule has 4 heteroatoms. The fourth-order valence-electron chi connectivity index (χ4n) is 2.15. The van der Waals surface area contributed by atoms with Gasteiger partial charge in [-0.15, -0.1) is 0 Å². The minimum absolute atomic E-state index is 0.282. The van der Waals surface area contributed by atoms with Crippen LogP contribution in [-0.4, -0.2) is 22.3 Å². The first-order chi connectivity index (χ1) is 8.25. The molecule has 1 aromatic heterocycles. The molecule has 0 aliphatic carbocycles. The Labute approximate surface area is 110 Å². The van der Waals surface area contributed by atoms with Crippen molar-refractivity contribution >= 4 is 21.8 Å². The molecule has 0 radical (unpaired) electrons. The van der Waals surface area contributed by atoms with Crippen molar-refractivity contribution in [3.05, 3.63) is 28.5 Å². The number of rotatable bonds is 2. The van der Waals surface area contributed by atoms with Crippen LogP contribution in [-0.2, 0) is 11.3 Å². The van der Waals surface area contributed by atoms with E-state index in [4.69, 9.17) is 0 Å². The van der Waals surface area contributed by atoms with Gasteiger partial charge in [0.15, 0.2) is 0 Å². The van der Waals surface area contributed by atoms with Gasteiger partial charge in [-0.2, -0.15) is 0 Å². The van der Waals surface area contributed by atoms with E-state index < -0.39 is 0 Å². The third kappa shape index (κ3) is 3.80. The van der Waals surface area contributed by atoms with E-state index in [1.165, 1.54) is 12.8 Å². The van der Waals surface area contributed by atoms with Crippen LogP contribution in [0.25, 0.3) is 0 Å². The van der Waals surface area contributed by atoms with E-state index >= 15 is 0 Å². The topological polar surface area (TPSA) is 33.2 Å². The first kappa shape index (κ1) is 12.6.